The smallest absolute Gasteiger partial charge is 0.140 e. The van der Waals surface area contributed by atoms with Gasteiger partial charge in [0, 0.05) is 0 Å². The molecular formula is C11H10FN. The van der Waals surface area contributed by atoms with E-state index >= 15 is 0 Å². The van der Waals surface area contributed by atoms with E-state index in [4.69, 9.17) is 5.26 Å². The molecule has 1 nitrogen and oxygen atoms in total. The first-order valence-electron chi connectivity index (χ1n) is 4.42. The highest BCUT2D eigenvalue weighted by molar-refractivity contribution is 5.37. The molecule has 66 valence electrons. The van der Waals surface area contributed by atoms with Crippen LogP contribution in [0.3, 0.4) is 0 Å². The van der Waals surface area contributed by atoms with Crippen molar-refractivity contribution in [2.45, 2.75) is 19.3 Å². The summed E-state index contributed by atoms with van der Waals surface area (Å²) in [6.07, 6.45) is 1.16. The largest absolute Gasteiger partial charge is 0.206 e. The van der Waals surface area contributed by atoms with Crippen LogP contribution < -0.4 is 0 Å². The van der Waals surface area contributed by atoms with Crippen molar-refractivity contribution < 1.29 is 4.39 Å². The van der Waals surface area contributed by atoms with Gasteiger partial charge in [-0.25, -0.2) is 4.39 Å². The van der Waals surface area contributed by atoms with Crippen LogP contribution in [-0.2, 0) is 0 Å². The molecule has 1 aromatic carbocycles. The van der Waals surface area contributed by atoms with Gasteiger partial charge in [0.05, 0.1) is 5.56 Å². The number of hydrogen-bond acceptors (Lipinski definition) is 1. The molecule has 0 spiro atoms. The van der Waals surface area contributed by atoms with Crippen LogP contribution in [0.25, 0.3) is 0 Å². The number of benzene rings is 1. The molecule has 2 atom stereocenters. The summed E-state index contributed by atoms with van der Waals surface area (Å²) in [5.41, 5.74) is 1.27. The molecule has 0 unspecified atom stereocenters. The molecule has 0 saturated heterocycles. The molecule has 1 aromatic rings. The first-order chi connectivity index (χ1) is 6.22. The zero-order chi connectivity index (χ0) is 9.42. The number of halogens is 1. The van der Waals surface area contributed by atoms with E-state index < -0.39 is 5.82 Å². The van der Waals surface area contributed by atoms with Crippen LogP contribution >= 0.6 is 0 Å². The van der Waals surface area contributed by atoms with Gasteiger partial charge in [-0.2, -0.15) is 5.26 Å². The second kappa shape index (κ2) is 2.85. The minimum absolute atomic E-state index is 0.164. The number of hydrogen-bond donors (Lipinski definition) is 0. The van der Waals surface area contributed by atoms with Gasteiger partial charge in [-0.3, -0.25) is 0 Å². The molecule has 0 N–H and O–H groups in total. The zero-order valence-corrected chi connectivity index (χ0v) is 7.42. The van der Waals surface area contributed by atoms with Crippen molar-refractivity contribution in [3.63, 3.8) is 0 Å². The molecule has 0 radical (unpaired) electrons. The fraction of sp³-hybridized carbons (Fsp3) is 0.364. The maximum Gasteiger partial charge on any atom is 0.140 e. The SMILES string of the molecule is C[C@H]1C[C@@H]1c1ccc(F)c(C#N)c1. The van der Waals surface area contributed by atoms with Crippen LogP contribution in [0, 0.1) is 23.1 Å². The average molecular weight is 175 g/mol. The molecule has 0 aromatic heterocycles. The van der Waals surface area contributed by atoms with Crippen LogP contribution in [0.2, 0.25) is 0 Å². The van der Waals surface area contributed by atoms with Crippen molar-refractivity contribution in [1.82, 2.24) is 0 Å². The van der Waals surface area contributed by atoms with E-state index in [0.29, 0.717) is 11.8 Å². The van der Waals surface area contributed by atoms with Gasteiger partial charge < -0.3 is 0 Å². The minimum atomic E-state index is -0.417. The third-order valence-electron chi connectivity index (χ3n) is 2.65. The Hall–Kier alpha value is -1.36. The highest BCUT2D eigenvalue weighted by Crippen LogP contribution is 2.46. The van der Waals surface area contributed by atoms with E-state index in [0.717, 1.165) is 12.0 Å². The van der Waals surface area contributed by atoms with Crippen molar-refractivity contribution in [2.75, 3.05) is 0 Å². The second-order valence-electron chi connectivity index (χ2n) is 3.67. The Labute approximate surface area is 76.8 Å². The summed E-state index contributed by atoms with van der Waals surface area (Å²) >= 11 is 0. The summed E-state index contributed by atoms with van der Waals surface area (Å²) in [5, 5.41) is 8.62. The zero-order valence-electron chi connectivity index (χ0n) is 7.42. The van der Waals surface area contributed by atoms with Gasteiger partial charge in [0.25, 0.3) is 0 Å². The fourth-order valence-electron chi connectivity index (χ4n) is 1.65. The Balaban J connectivity index is 2.35. The summed E-state index contributed by atoms with van der Waals surface area (Å²) in [4.78, 5) is 0. The Kier molecular flexibility index (Phi) is 1.81. The number of nitriles is 1. The van der Waals surface area contributed by atoms with Gasteiger partial charge in [0.2, 0.25) is 0 Å². The molecule has 0 amide bonds. The molecule has 1 saturated carbocycles. The molecular weight excluding hydrogens is 165 g/mol. The van der Waals surface area contributed by atoms with Crippen LogP contribution in [-0.4, -0.2) is 0 Å². The Morgan fingerprint density at radius 1 is 1.54 bits per heavy atom. The Bertz CT molecular complexity index is 378. The van der Waals surface area contributed by atoms with Gasteiger partial charge in [-0.15, -0.1) is 0 Å². The standard InChI is InChI=1S/C11H10FN/c1-7-4-10(7)8-2-3-11(12)9(5-8)6-13/h2-3,5,7,10H,4H2,1H3/t7-,10-/m0/s1. The second-order valence-corrected chi connectivity index (χ2v) is 3.67. The van der Waals surface area contributed by atoms with E-state index in [1.807, 2.05) is 6.07 Å². The van der Waals surface area contributed by atoms with Crippen LogP contribution in [0.15, 0.2) is 18.2 Å². The monoisotopic (exact) mass is 175 g/mol. The Morgan fingerprint density at radius 2 is 2.23 bits per heavy atom. The third kappa shape index (κ3) is 1.42. The average Bonchev–Trinajstić information content (AvgIpc) is 2.84. The fourth-order valence-corrected chi connectivity index (χ4v) is 1.65. The molecule has 13 heavy (non-hydrogen) atoms. The summed E-state index contributed by atoms with van der Waals surface area (Å²) in [7, 11) is 0. The quantitative estimate of drug-likeness (QED) is 0.643. The summed E-state index contributed by atoms with van der Waals surface area (Å²) in [5.74, 6) is 0.823. The lowest BCUT2D eigenvalue weighted by atomic mass is 10.1. The van der Waals surface area contributed by atoms with Crippen LogP contribution in [0.5, 0.6) is 0 Å². The predicted octanol–water partition coefficient (Wildman–Crippen LogP) is 2.82. The lowest BCUT2D eigenvalue weighted by Crippen LogP contribution is -1.87. The molecule has 1 aliphatic carbocycles. The first-order valence-corrected chi connectivity index (χ1v) is 4.42. The van der Waals surface area contributed by atoms with Crippen molar-refractivity contribution in [2.24, 2.45) is 5.92 Å². The molecule has 2 rings (SSSR count). The van der Waals surface area contributed by atoms with Gasteiger partial charge >= 0.3 is 0 Å². The molecule has 0 bridgehead atoms. The lowest BCUT2D eigenvalue weighted by Gasteiger charge is -1.99. The van der Waals surface area contributed by atoms with Gasteiger partial charge in [-0.1, -0.05) is 13.0 Å². The van der Waals surface area contributed by atoms with E-state index in [1.54, 1.807) is 12.1 Å². The molecule has 1 aliphatic rings. The maximum atomic E-state index is 12.9. The number of rotatable bonds is 1. The summed E-state index contributed by atoms with van der Waals surface area (Å²) in [6.45, 7) is 2.17. The molecule has 0 aliphatic heterocycles. The molecule has 2 heteroatoms. The van der Waals surface area contributed by atoms with E-state index in [-0.39, 0.29) is 5.56 Å². The molecule has 1 fully saturated rings. The third-order valence-corrected chi connectivity index (χ3v) is 2.65. The molecule has 0 heterocycles. The van der Waals surface area contributed by atoms with Crippen molar-refractivity contribution >= 4 is 0 Å². The minimum Gasteiger partial charge on any atom is -0.206 e. The number of nitrogens with zero attached hydrogens (tertiary/aromatic N) is 1. The van der Waals surface area contributed by atoms with Gasteiger partial charge in [-0.05, 0) is 36.0 Å². The van der Waals surface area contributed by atoms with E-state index in [9.17, 15) is 4.39 Å². The van der Waals surface area contributed by atoms with Gasteiger partial charge in [0.1, 0.15) is 11.9 Å². The highest BCUT2D eigenvalue weighted by atomic mass is 19.1. The van der Waals surface area contributed by atoms with Crippen molar-refractivity contribution in [1.29, 1.82) is 5.26 Å². The van der Waals surface area contributed by atoms with E-state index in [2.05, 4.69) is 6.92 Å². The normalized spacial score (nSPS) is 25.3. The summed E-state index contributed by atoms with van der Waals surface area (Å²) < 4.78 is 12.9. The van der Waals surface area contributed by atoms with E-state index in [1.165, 1.54) is 6.07 Å². The lowest BCUT2D eigenvalue weighted by molar-refractivity contribution is 0.623. The topological polar surface area (TPSA) is 23.8 Å². The van der Waals surface area contributed by atoms with Crippen molar-refractivity contribution in [3.8, 4) is 6.07 Å². The highest BCUT2D eigenvalue weighted by Gasteiger charge is 2.34. The van der Waals surface area contributed by atoms with Crippen LogP contribution in [0.1, 0.15) is 30.4 Å². The first kappa shape index (κ1) is 8.25. The van der Waals surface area contributed by atoms with Crippen LogP contribution in [0.4, 0.5) is 4.39 Å². The predicted molar refractivity (Wildman–Crippen MR) is 47.6 cm³/mol. The Morgan fingerprint density at radius 3 is 2.77 bits per heavy atom. The van der Waals surface area contributed by atoms with Crippen molar-refractivity contribution in [3.05, 3.63) is 35.1 Å². The summed E-state index contributed by atoms with van der Waals surface area (Å²) in [6, 6.07) is 6.70. The maximum absolute atomic E-state index is 12.9. The van der Waals surface area contributed by atoms with Gasteiger partial charge in [0.15, 0.2) is 0 Å².